The lowest BCUT2D eigenvalue weighted by Crippen LogP contribution is -2.51. The topological polar surface area (TPSA) is 37.6 Å². The highest BCUT2D eigenvalue weighted by Gasteiger charge is 2.41. The van der Waals surface area contributed by atoms with Gasteiger partial charge in [-0.2, -0.15) is 0 Å². The van der Waals surface area contributed by atoms with Crippen molar-refractivity contribution in [1.82, 2.24) is 9.47 Å². The second-order valence-electron chi connectivity index (χ2n) is 7.28. The molecule has 0 amide bonds. The van der Waals surface area contributed by atoms with E-state index < -0.39 is 0 Å². The van der Waals surface area contributed by atoms with Gasteiger partial charge in [0.25, 0.3) is 0 Å². The van der Waals surface area contributed by atoms with Crippen LogP contribution in [0.2, 0.25) is 0 Å². The smallest absolute Gasteiger partial charge is 0.0842 e. The Bertz CT molecular complexity index is 719. The number of likely N-dealkylation sites (N-methyl/N-ethyl adjacent to an activating group) is 1. The lowest BCUT2D eigenvalue weighted by atomic mass is 9.71. The zero-order chi connectivity index (χ0) is 16.1. The first kappa shape index (κ1) is 15.2. The second kappa shape index (κ2) is 5.62. The van der Waals surface area contributed by atoms with Gasteiger partial charge in [0, 0.05) is 55.7 Å². The van der Waals surface area contributed by atoms with Crippen LogP contribution < -0.4 is 0 Å². The van der Waals surface area contributed by atoms with Gasteiger partial charge >= 0.3 is 0 Å². The van der Waals surface area contributed by atoms with Crippen molar-refractivity contribution in [2.75, 3.05) is 27.3 Å². The summed E-state index contributed by atoms with van der Waals surface area (Å²) in [5, 5.41) is 11.1. The van der Waals surface area contributed by atoms with Gasteiger partial charge in [0.05, 0.1) is 12.7 Å². The highest BCUT2D eigenvalue weighted by atomic mass is 16.5. The molecule has 1 aliphatic heterocycles. The molecule has 1 N–H and O–H groups in total. The van der Waals surface area contributed by atoms with Crippen LogP contribution in [0.1, 0.15) is 23.5 Å². The lowest BCUT2D eigenvalue weighted by molar-refractivity contribution is -0.0301. The fourth-order valence-electron chi connectivity index (χ4n) is 4.95. The lowest BCUT2D eigenvalue weighted by Gasteiger charge is -2.47. The SMILES string of the molecule is COC(CO)C1CC2c3cccc4c3c(cn4C)C[C@H]2N(C)C1. The van der Waals surface area contributed by atoms with Crippen LogP contribution in [0.25, 0.3) is 10.9 Å². The van der Waals surface area contributed by atoms with Gasteiger partial charge in [-0.1, -0.05) is 12.1 Å². The number of hydrogen-bond acceptors (Lipinski definition) is 3. The Labute approximate surface area is 137 Å². The van der Waals surface area contributed by atoms with Crippen LogP contribution in [0.4, 0.5) is 0 Å². The van der Waals surface area contributed by atoms with E-state index in [4.69, 9.17) is 4.74 Å². The van der Waals surface area contributed by atoms with Crippen molar-refractivity contribution in [1.29, 1.82) is 0 Å². The van der Waals surface area contributed by atoms with Gasteiger partial charge in [0.15, 0.2) is 0 Å². The Hall–Kier alpha value is -1.36. The number of hydrogen-bond donors (Lipinski definition) is 1. The summed E-state index contributed by atoms with van der Waals surface area (Å²) in [4.78, 5) is 2.48. The second-order valence-corrected chi connectivity index (χ2v) is 7.28. The van der Waals surface area contributed by atoms with Gasteiger partial charge in [-0.15, -0.1) is 0 Å². The predicted octanol–water partition coefficient (Wildman–Crippen LogP) is 2.15. The molecule has 0 radical (unpaired) electrons. The van der Waals surface area contributed by atoms with Crippen molar-refractivity contribution in [3.63, 3.8) is 0 Å². The van der Waals surface area contributed by atoms with E-state index in [1.165, 1.54) is 22.0 Å². The van der Waals surface area contributed by atoms with E-state index in [1.807, 2.05) is 0 Å². The third-order valence-electron chi connectivity index (χ3n) is 6.07. The van der Waals surface area contributed by atoms with Crippen LogP contribution in [-0.4, -0.2) is 54.0 Å². The quantitative estimate of drug-likeness (QED) is 0.943. The van der Waals surface area contributed by atoms with E-state index in [0.29, 0.717) is 17.9 Å². The predicted molar refractivity (Wildman–Crippen MR) is 91.8 cm³/mol. The fraction of sp³-hybridized carbons (Fsp3) is 0.579. The molecule has 0 bridgehead atoms. The Balaban J connectivity index is 1.77. The van der Waals surface area contributed by atoms with Crippen molar-refractivity contribution >= 4 is 10.9 Å². The van der Waals surface area contributed by atoms with Crippen LogP contribution in [-0.2, 0) is 18.2 Å². The molecule has 1 aromatic carbocycles. The molecule has 23 heavy (non-hydrogen) atoms. The highest BCUT2D eigenvalue weighted by molar-refractivity contribution is 5.89. The molecular formula is C19H26N2O2. The van der Waals surface area contributed by atoms with E-state index in [2.05, 4.69) is 48.0 Å². The van der Waals surface area contributed by atoms with Crippen molar-refractivity contribution < 1.29 is 9.84 Å². The van der Waals surface area contributed by atoms with Gasteiger partial charge < -0.3 is 19.3 Å². The maximum atomic E-state index is 9.63. The van der Waals surface area contributed by atoms with Crippen LogP contribution in [0.3, 0.4) is 0 Å². The molecule has 2 aromatic rings. The number of aliphatic hydroxyl groups is 1. The molecule has 124 valence electrons. The average Bonchev–Trinajstić information content (AvgIpc) is 2.87. The first-order chi connectivity index (χ1) is 11.1. The number of benzene rings is 1. The molecule has 3 unspecified atom stereocenters. The molecule has 2 aliphatic rings. The summed E-state index contributed by atoms with van der Waals surface area (Å²) in [5.74, 6) is 0.915. The minimum atomic E-state index is -0.0604. The van der Waals surface area contributed by atoms with Crippen LogP contribution >= 0.6 is 0 Å². The Morgan fingerprint density at radius 1 is 1.35 bits per heavy atom. The van der Waals surface area contributed by atoms with Gasteiger partial charge in [0.2, 0.25) is 0 Å². The Morgan fingerprint density at radius 2 is 2.17 bits per heavy atom. The molecule has 4 atom stereocenters. The minimum absolute atomic E-state index is 0.0604. The molecule has 4 rings (SSSR count). The largest absolute Gasteiger partial charge is 0.394 e. The van der Waals surface area contributed by atoms with Gasteiger partial charge in [-0.25, -0.2) is 0 Å². The fourth-order valence-corrected chi connectivity index (χ4v) is 4.95. The summed E-state index contributed by atoms with van der Waals surface area (Å²) < 4.78 is 7.79. The molecule has 2 heterocycles. The standard InChI is InChI=1S/C19H26N2O2/c1-20-10-13-8-17-15(14-5-4-6-16(20)19(13)14)7-12(9-21(17)2)18(11-22)23-3/h4-6,10,12,15,17-18,22H,7-9,11H2,1-3H3/t12?,15?,17-,18?/m1/s1. The number of ether oxygens (including phenoxy) is 1. The number of nitrogens with zero attached hydrogens (tertiary/aromatic N) is 2. The zero-order valence-corrected chi connectivity index (χ0v) is 14.2. The number of likely N-dealkylation sites (tertiary alicyclic amines) is 1. The van der Waals surface area contributed by atoms with E-state index >= 15 is 0 Å². The molecular weight excluding hydrogens is 288 g/mol. The highest BCUT2D eigenvalue weighted by Crippen LogP contribution is 2.45. The third-order valence-corrected chi connectivity index (χ3v) is 6.07. The molecule has 0 saturated carbocycles. The zero-order valence-electron chi connectivity index (χ0n) is 14.2. The summed E-state index contributed by atoms with van der Waals surface area (Å²) in [6.45, 7) is 1.10. The molecule has 1 aromatic heterocycles. The van der Waals surface area contributed by atoms with Crippen molar-refractivity contribution in [3.8, 4) is 0 Å². The van der Waals surface area contributed by atoms with Gasteiger partial charge in [0.1, 0.15) is 0 Å². The molecule has 4 nitrogen and oxygen atoms in total. The summed E-state index contributed by atoms with van der Waals surface area (Å²) in [6, 6.07) is 7.27. The van der Waals surface area contributed by atoms with Crippen LogP contribution in [0.15, 0.2) is 24.4 Å². The summed E-state index contributed by atoms with van der Waals surface area (Å²) in [5.41, 5.74) is 4.31. The Morgan fingerprint density at radius 3 is 2.91 bits per heavy atom. The number of rotatable bonds is 3. The number of fused-ring (bicyclic) bond motifs is 2. The minimum Gasteiger partial charge on any atom is -0.394 e. The van der Waals surface area contributed by atoms with Gasteiger partial charge in [-0.3, -0.25) is 0 Å². The van der Waals surface area contributed by atoms with Crippen molar-refractivity contribution in [3.05, 3.63) is 35.5 Å². The van der Waals surface area contributed by atoms with E-state index in [1.54, 1.807) is 7.11 Å². The molecule has 0 spiro atoms. The number of aromatic nitrogens is 1. The average molecular weight is 314 g/mol. The summed E-state index contributed by atoms with van der Waals surface area (Å²) in [7, 11) is 6.08. The number of piperidine rings is 1. The van der Waals surface area contributed by atoms with Crippen LogP contribution in [0.5, 0.6) is 0 Å². The van der Waals surface area contributed by atoms with Crippen LogP contribution in [0, 0.1) is 5.92 Å². The van der Waals surface area contributed by atoms with Crippen molar-refractivity contribution in [2.24, 2.45) is 13.0 Å². The monoisotopic (exact) mass is 314 g/mol. The summed E-state index contributed by atoms with van der Waals surface area (Å²) in [6.07, 6.45) is 4.46. The normalized spacial score (nSPS) is 28.8. The first-order valence-electron chi connectivity index (χ1n) is 8.54. The first-order valence-corrected chi connectivity index (χ1v) is 8.54. The van der Waals surface area contributed by atoms with E-state index in [-0.39, 0.29) is 12.7 Å². The maximum absolute atomic E-state index is 9.63. The molecule has 1 aliphatic carbocycles. The molecule has 1 saturated heterocycles. The number of methoxy groups -OCH3 is 1. The number of aryl methyl sites for hydroxylation is 1. The summed E-state index contributed by atoms with van der Waals surface area (Å²) >= 11 is 0. The van der Waals surface area contributed by atoms with E-state index in [0.717, 1.165) is 19.4 Å². The third kappa shape index (κ3) is 2.24. The molecule has 1 fully saturated rings. The Kier molecular flexibility index (Phi) is 3.71. The van der Waals surface area contributed by atoms with Gasteiger partial charge in [-0.05, 0) is 37.1 Å². The number of aliphatic hydroxyl groups excluding tert-OH is 1. The van der Waals surface area contributed by atoms with Crippen molar-refractivity contribution in [2.45, 2.75) is 30.9 Å². The maximum Gasteiger partial charge on any atom is 0.0842 e. The molecule has 4 heteroatoms. The van der Waals surface area contributed by atoms with E-state index in [9.17, 15) is 5.11 Å².